The van der Waals surface area contributed by atoms with E-state index in [1.807, 2.05) is 42.5 Å². The fourth-order valence-corrected chi connectivity index (χ4v) is 5.83. The molecule has 1 aromatic heterocycles. The van der Waals surface area contributed by atoms with Crippen molar-refractivity contribution in [2.45, 2.75) is 57.1 Å². The summed E-state index contributed by atoms with van der Waals surface area (Å²) in [6.45, 7) is 2.25. The van der Waals surface area contributed by atoms with Gasteiger partial charge in [0.2, 0.25) is 11.8 Å². The van der Waals surface area contributed by atoms with Crippen LogP contribution in [-0.2, 0) is 40.4 Å². The Morgan fingerprint density at radius 1 is 1.10 bits per heavy atom. The lowest BCUT2D eigenvalue weighted by atomic mass is 10.0. The molecule has 1 aliphatic rings. The highest BCUT2D eigenvalue weighted by molar-refractivity contribution is 7.10. The third kappa shape index (κ3) is 8.60. The molecule has 2 heterocycles. The highest BCUT2D eigenvalue weighted by Gasteiger charge is 2.41. The number of carbonyl (C=O) groups is 2. The van der Waals surface area contributed by atoms with Crippen LogP contribution in [0.2, 0.25) is 5.02 Å². The maximum absolute atomic E-state index is 13.7. The normalized spacial score (nSPS) is 17.6. The number of benzene rings is 2. The quantitative estimate of drug-likeness (QED) is 0.217. The molecular weight excluding hydrogens is 546 g/mol. The lowest BCUT2D eigenvalue weighted by Crippen LogP contribution is -2.52. The van der Waals surface area contributed by atoms with Crippen molar-refractivity contribution < 1.29 is 14.3 Å². The van der Waals surface area contributed by atoms with E-state index < -0.39 is 12.1 Å². The van der Waals surface area contributed by atoms with Crippen molar-refractivity contribution in [3.05, 3.63) is 92.6 Å². The SMILES string of the molecule is CN[C@H](CCc1ccccc1)C(=O)N1C[C@H](OCc2ccc(Cl)cc2)C[C@H]1C(=O)NCc1cc(CNCN)cs1. The van der Waals surface area contributed by atoms with Gasteiger partial charge in [-0.25, -0.2) is 0 Å². The number of carbonyl (C=O) groups excluding carboxylic acids is 2. The number of hydrogen-bond donors (Lipinski definition) is 4. The molecule has 0 radical (unpaired) electrons. The van der Waals surface area contributed by atoms with Gasteiger partial charge in [0.25, 0.3) is 0 Å². The Hall–Kier alpha value is -2.79. The molecule has 3 aromatic rings. The molecule has 8 nitrogen and oxygen atoms in total. The molecule has 40 heavy (non-hydrogen) atoms. The minimum Gasteiger partial charge on any atom is -0.372 e. The van der Waals surface area contributed by atoms with E-state index in [0.29, 0.717) is 50.8 Å². The number of halogens is 1. The highest BCUT2D eigenvalue weighted by atomic mass is 35.5. The van der Waals surface area contributed by atoms with Gasteiger partial charge in [-0.15, -0.1) is 11.3 Å². The molecule has 1 fully saturated rings. The predicted molar refractivity (Wildman–Crippen MR) is 160 cm³/mol. The Morgan fingerprint density at radius 3 is 2.60 bits per heavy atom. The number of aryl methyl sites for hydroxylation is 1. The molecular formula is C30H38ClN5O3S. The summed E-state index contributed by atoms with van der Waals surface area (Å²) in [6, 6.07) is 18.7. The fraction of sp³-hybridized carbons (Fsp3) is 0.400. The Kier molecular flexibility index (Phi) is 11.5. The summed E-state index contributed by atoms with van der Waals surface area (Å²) in [6.07, 6.45) is 1.59. The Labute approximate surface area is 245 Å². The molecule has 2 aromatic carbocycles. The van der Waals surface area contributed by atoms with Crippen molar-refractivity contribution in [3.8, 4) is 0 Å². The Bertz CT molecular complexity index is 1220. The number of rotatable bonds is 14. The molecule has 0 unspecified atom stereocenters. The zero-order valence-electron chi connectivity index (χ0n) is 22.8. The largest absolute Gasteiger partial charge is 0.372 e. The molecule has 0 aliphatic carbocycles. The number of thiophene rings is 1. The van der Waals surface area contributed by atoms with Crippen molar-refractivity contribution >= 4 is 34.8 Å². The average Bonchev–Trinajstić information content (AvgIpc) is 3.62. The zero-order valence-corrected chi connectivity index (χ0v) is 24.3. The van der Waals surface area contributed by atoms with E-state index in [9.17, 15) is 9.59 Å². The molecule has 10 heteroatoms. The van der Waals surface area contributed by atoms with Gasteiger partial charge in [-0.05, 0) is 60.2 Å². The van der Waals surface area contributed by atoms with Crippen LogP contribution in [0.3, 0.4) is 0 Å². The second kappa shape index (κ2) is 15.3. The summed E-state index contributed by atoms with van der Waals surface area (Å²) in [5, 5.41) is 12.1. The maximum Gasteiger partial charge on any atom is 0.243 e. The number of hydrogen-bond acceptors (Lipinski definition) is 7. The van der Waals surface area contributed by atoms with E-state index in [1.54, 1.807) is 23.3 Å². The molecule has 214 valence electrons. The minimum absolute atomic E-state index is 0.0811. The summed E-state index contributed by atoms with van der Waals surface area (Å²) in [4.78, 5) is 29.9. The lowest BCUT2D eigenvalue weighted by molar-refractivity contribution is -0.140. The number of likely N-dealkylation sites (tertiary alicyclic amines) is 1. The zero-order chi connectivity index (χ0) is 28.3. The van der Waals surface area contributed by atoms with E-state index in [1.165, 1.54) is 5.56 Å². The number of nitrogens with one attached hydrogen (secondary N) is 3. The highest BCUT2D eigenvalue weighted by Crippen LogP contribution is 2.24. The minimum atomic E-state index is -0.603. The molecule has 5 N–H and O–H groups in total. The summed E-state index contributed by atoms with van der Waals surface area (Å²) in [7, 11) is 1.79. The van der Waals surface area contributed by atoms with Crippen LogP contribution in [0.25, 0.3) is 0 Å². The van der Waals surface area contributed by atoms with E-state index >= 15 is 0 Å². The third-order valence-electron chi connectivity index (χ3n) is 7.08. The van der Waals surface area contributed by atoms with Gasteiger partial charge in [0.1, 0.15) is 6.04 Å². The van der Waals surface area contributed by atoms with E-state index in [-0.39, 0.29) is 17.9 Å². The van der Waals surface area contributed by atoms with Crippen molar-refractivity contribution in [3.63, 3.8) is 0 Å². The number of nitrogens with zero attached hydrogens (tertiary/aromatic N) is 1. The van der Waals surface area contributed by atoms with E-state index in [2.05, 4.69) is 39.5 Å². The molecule has 2 amide bonds. The van der Waals surface area contributed by atoms with Gasteiger partial charge in [-0.1, -0.05) is 54.1 Å². The van der Waals surface area contributed by atoms with Crippen LogP contribution < -0.4 is 21.7 Å². The molecule has 1 saturated heterocycles. The van der Waals surface area contributed by atoms with Gasteiger partial charge in [0, 0.05) is 36.1 Å². The van der Waals surface area contributed by atoms with Crippen LogP contribution >= 0.6 is 22.9 Å². The molecule has 0 spiro atoms. The first-order valence-electron chi connectivity index (χ1n) is 13.6. The predicted octanol–water partition coefficient (Wildman–Crippen LogP) is 3.43. The van der Waals surface area contributed by atoms with Gasteiger partial charge < -0.3 is 31.3 Å². The van der Waals surface area contributed by atoms with Crippen LogP contribution in [0.5, 0.6) is 0 Å². The van der Waals surface area contributed by atoms with Gasteiger partial charge in [-0.3, -0.25) is 9.59 Å². The molecule has 1 aliphatic heterocycles. The van der Waals surface area contributed by atoms with Crippen molar-refractivity contribution in [1.82, 2.24) is 20.9 Å². The van der Waals surface area contributed by atoms with Crippen LogP contribution in [0.15, 0.2) is 66.0 Å². The Morgan fingerprint density at radius 2 is 1.88 bits per heavy atom. The second-order valence-electron chi connectivity index (χ2n) is 9.94. The maximum atomic E-state index is 13.7. The Balaban J connectivity index is 1.41. The van der Waals surface area contributed by atoms with Crippen molar-refractivity contribution in [2.24, 2.45) is 5.73 Å². The van der Waals surface area contributed by atoms with Gasteiger partial charge in [0.15, 0.2) is 0 Å². The van der Waals surface area contributed by atoms with Crippen LogP contribution in [0.4, 0.5) is 0 Å². The monoisotopic (exact) mass is 583 g/mol. The fourth-order valence-electron chi connectivity index (χ4n) is 4.87. The number of likely N-dealkylation sites (N-methyl/N-ethyl adjacent to an activating group) is 1. The standard InChI is InChI=1S/C30H38ClN5O3S/c1-33-27(12-9-21-5-3-2-4-6-21)30(38)36-17-25(39-18-22-7-10-24(31)11-8-22)14-28(36)29(37)35-16-26-13-23(19-40-26)15-34-20-32/h2-8,10-11,13,19,25,27-28,33-34H,9,12,14-18,20,32H2,1H3,(H,35,37)/t25-,27-,28+/m1/s1. The van der Waals surface area contributed by atoms with E-state index in [4.69, 9.17) is 22.1 Å². The molecule has 0 saturated carbocycles. The third-order valence-corrected chi connectivity index (χ3v) is 8.31. The lowest BCUT2D eigenvalue weighted by Gasteiger charge is -2.28. The number of nitrogens with two attached hydrogens (primary N) is 1. The number of amides is 2. The van der Waals surface area contributed by atoms with Gasteiger partial charge in [-0.2, -0.15) is 0 Å². The molecule has 0 bridgehead atoms. The number of ether oxygens (including phenoxy) is 1. The van der Waals surface area contributed by atoms with Crippen LogP contribution in [0.1, 0.15) is 34.4 Å². The first-order valence-corrected chi connectivity index (χ1v) is 14.8. The van der Waals surface area contributed by atoms with Crippen molar-refractivity contribution in [1.29, 1.82) is 0 Å². The van der Waals surface area contributed by atoms with Crippen LogP contribution in [-0.4, -0.2) is 55.2 Å². The van der Waals surface area contributed by atoms with Crippen molar-refractivity contribution in [2.75, 3.05) is 20.3 Å². The summed E-state index contributed by atoms with van der Waals surface area (Å²) < 4.78 is 6.18. The van der Waals surface area contributed by atoms with Gasteiger partial charge in [0.05, 0.1) is 25.3 Å². The molecule has 4 rings (SSSR count). The van der Waals surface area contributed by atoms with Crippen LogP contribution in [0, 0.1) is 0 Å². The van der Waals surface area contributed by atoms with Gasteiger partial charge >= 0.3 is 0 Å². The average molecular weight is 584 g/mol. The summed E-state index contributed by atoms with van der Waals surface area (Å²) in [5.74, 6) is -0.249. The summed E-state index contributed by atoms with van der Waals surface area (Å²) in [5.41, 5.74) is 8.81. The van der Waals surface area contributed by atoms with E-state index in [0.717, 1.165) is 22.4 Å². The first-order chi connectivity index (χ1) is 19.5. The smallest absolute Gasteiger partial charge is 0.243 e. The second-order valence-corrected chi connectivity index (χ2v) is 11.4. The topological polar surface area (TPSA) is 109 Å². The first kappa shape index (κ1) is 30.2. The summed E-state index contributed by atoms with van der Waals surface area (Å²) >= 11 is 7.60. The molecule has 3 atom stereocenters.